The molecule has 1 heterocycles. The molecule has 0 saturated heterocycles. The lowest BCUT2D eigenvalue weighted by atomic mass is 9.81. The lowest BCUT2D eigenvalue weighted by Gasteiger charge is -2.47. The van der Waals surface area contributed by atoms with Crippen LogP contribution in [0.3, 0.4) is 0 Å². The number of hydrogen-bond donors (Lipinski definition) is 4. The van der Waals surface area contributed by atoms with Gasteiger partial charge in [0.1, 0.15) is 5.75 Å². The fourth-order valence-electron chi connectivity index (χ4n) is 3.39. The summed E-state index contributed by atoms with van der Waals surface area (Å²) in [4.78, 5) is 11.5. The molecule has 0 amide bonds. The molecule has 0 radical (unpaired) electrons. The van der Waals surface area contributed by atoms with Crippen LogP contribution in [0, 0.1) is 0 Å². The predicted octanol–water partition coefficient (Wildman–Crippen LogP) is 2.43. The van der Waals surface area contributed by atoms with Crippen LogP contribution in [0.15, 0.2) is 72.8 Å². The average Bonchev–Trinajstić information content (AvgIpc) is 2.67. The second-order valence-electron chi connectivity index (χ2n) is 6.31. The Bertz CT molecular complexity index is 1030. The zero-order valence-corrected chi connectivity index (χ0v) is 14.0. The first kappa shape index (κ1) is 17.2. The fraction of sp³-hybridized carbons (Fsp3) is 0.0952. The SMILES string of the molecule is O=C(O)c1ccccc1C(O)(O)C1(O)Oc2cccc(-c3ccccc3)c21. The third kappa shape index (κ3) is 2.43. The number of aliphatic hydroxyl groups is 3. The van der Waals surface area contributed by atoms with E-state index in [4.69, 9.17) is 4.74 Å². The van der Waals surface area contributed by atoms with Gasteiger partial charge < -0.3 is 25.2 Å². The van der Waals surface area contributed by atoms with Crippen LogP contribution in [0.2, 0.25) is 0 Å². The number of benzene rings is 3. The van der Waals surface area contributed by atoms with Gasteiger partial charge in [0.05, 0.1) is 11.1 Å². The van der Waals surface area contributed by atoms with E-state index in [9.17, 15) is 25.2 Å². The molecule has 4 rings (SSSR count). The maximum absolute atomic E-state index is 11.5. The standard InChI is InChI=1S/C21H16O6/c22-19(23)15-9-4-5-11-16(15)20(24,25)21(26)18-14(10-6-12-17(18)27-21)13-7-2-1-3-8-13/h1-12,24-26H,(H,22,23). The predicted molar refractivity (Wildman–Crippen MR) is 95.9 cm³/mol. The third-order valence-electron chi connectivity index (χ3n) is 4.71. The van der Waals surface area contributed by atoms with Gasteiger partial charge in [-0.1, -0.05) is 60.7 Å². The Labute approximate surface area is 154 Å². The second kappa shape index (κ2) is 5.92. The van der Waals surface area contributed by atoms with E-state index in [2.05, 4.69) is 0 Å². The first-order chi connectivity index (χ1) is 12.9. The number of carboxylic acids is 1. The van der Waals surface area contributed by atoms with Gasteiger partial charge in [0, 0.05) is 5.56 Å². The van der Waals surface area contributed by atoms with Gasteiger partial charge in [0.25, 0.3) is 11.6 Å². The molecule has 1 aliphatic heterocycles. The van der Waals surface area contributed by atoms with Gasteiger partial charge in [0.15, 0.2) is 0 Å². The Morgan fingerprint density at radius 3 is 2.26 bits per heavy atom. The smallest absolute Gasteiger partial charge is 0.336 e. The molecular formula is C21H16O6. The minimum Gasteiger partial charge on any atom is -0.478 e. The van der Waals surface area contributed by atoms with Gasteiger partial charge in [0.2, 0.25) is 0 Å². The molecule has 1 atom stereocenters. The molecule has 1 aliphatic rings. The Morgan fingerprint density at radius 2 is 1.56 bits per heavy atom. The van der Waals surface area contributed by atoms with Gasteiger partial charge >= 0.3 is 5.97 Å². The maximum atomic E-state index is 11.5. The van der Waals surface area contributed by atoms with Crippen molar-refractivity contribution in [3.63, 3.8) is 0 Å². The largest absolute Gasteiger partial charge is 0.478 e. The molecule has 6 nitrogen and oxygen atoms in total. The maximum Gasteiger partial charge on any atom is 0.336 e. The summed E-state index contributed by atoms with van der Waals surface area (Å²) in [7, 11) is 0. The molecule has 0 aromatic heterocycles. The molecule has 3 aromatic rings. The normalized spacial score (nSPS) is 18.2. The summed E-state index contributed by atoms with van der Waals surface area (Å²) in [6.07, 6.45) is 0. The lowest BCUT2D eigenvalue weighted by molar-refractivity contribution is -0.380. The van der Waals surface area contributed by atoms with E-state index in [1.807, 2.05) is 30.3 Å². The number of rotatable bonds is 4. The van der Waals surface area contributed by atoms with E-state index in [1.165, 1.54) is 24.3 Å². The summed E-state index contributed by atoms with van der Waals surface area (Å²) < 4.78 is 5.35. The lowest BCUT2D eigenvalue weighted by Crippen LogP contribution is -2.59. The molecule has 0 saturated carbocycles. The molecule has 1 unspecified atom stereocenters. The van der Waals surface area contributed by atoms with Crippen LogP contribution in [0.4, 0.5) is 0 Å². The van der Waals surface area contributed by atoms with Crippen molar-refractivity contribution < 1.29 is 30.0 Å². The van der Waals surface area contributed by atoms with Crippen LogP contribution in [-0.2, 0) is 11.6 Å². The van der Waals surface area contributed by atoms with Crippen LogP contribution >= 0.6 is 0 Å². The molecule has 4 N–H and O–H groups in total. The van der Waals surface area contributed by atoms with Crippen molar-refractivity contribution in [2.75, 3.05) is 0 Å². The summed E-state index contributed by atoms with van der Waals surface area (Å²) in [6, 6.07) is 19.5. The van der Waals surface area contributed by atoms with Crippen LogP contribution in [0.1, 0.15) is 21.5 Å². The molecule has 136 valence electrons. The highest BCUT2D eigenvalue weighted by Gasteiger charge is 2.62. The van der Waals surface area contributed by atoms with Crippen molar-refractivity contribution in [1.29, 1.82) is 0 Å². The van der Waals surface area contributed by atoms with Crippen LogP contribution in [-0.4, -0.2) is 26.4 Å². The van der Waals surface area contributed by atoms with Crippen molar-refractivity contribution in [2.45, 2.75) is 11.6 Å². The first-order valence-electron chi connectivity index (χ1n) is 8.24. The molecule has 27 heavy (non-hydrogen) atoms. The summed E-state index contributed by atoms with van der Waals surface area (Å²) in [5.41, 5.74) is 0.778. The summed E-state index contributed by atoms with van der Waals surface area (Å²) >= 11 is 0. The summed E-state index contributed by atoms with van der Waals surface area (Å²) in [5.74, 6) is -6.57. The van der Waals surface area contributed by atoms with Crippen molar-refractivity contribution in [2.24, 2.45) is 0 Å². The van der Waals surface area contributed by atoms with E-state index in [-0.39, 0.29) is 16.7 Å². The van der Waals surface area contributed by atoms with Crippen LogP contribution in [0.5, 0.6) is 5.75 Å². The van der Waals surface area contributed by atoms with E-state index < -0.39 is 17.5 Å². The number of hydrogen-bond acceptors (Lipinski definition) is 5. The number of aromatic carboxylic acids is 1. The highest BCUT2D eigenvalue weighted by molar-refractivity contribution is 5.90. The third-order valence-corrected chi connectivity index (χ3v) is 4.71. The van der Waals surface area contributed by atoms with Crippen molar-refractivity contribution in [3.8, 4) is 16.9 Å². The van der Waals surface area contributed by atoms with E-state index in [1.54, 1.807) is 18.2 Å². The van der Waals surface area contributed by atoms with Crippen molar-refractivity contribution in [3.05, 3.63) is 89.5 Å². The quantitative estimate of drug-likeness (QED) is 0.530. The Kier molecular flexibility index (Phi) is 3.78. The van der Waals surface area contributed by atoms with Crippen LogP contribution < -0.4 is 4.74 Å². The molecule has 0 aliphatic carbocycles. The average molecular weight is 364 g/mol. The fourth-order valence-corrected chi connectivity index (χ4v) is 3.39. The number of ether oxygens (including phenoxy) is 1. The Balaban J connectivity index is 1.89. The van der Waals surface area contributed by atoms with Gasteiger partial charge in [-0.15, -0.1) is 0 Å². The highest BCUT2D eigenvalue weighted by Crippen LogP contribution is 2.55. The second-order valence-corrected chi connectivity index (χ2v) is 6.31. The minimum atomic E-state index is -2.99. The molecule has 6 heteroatoms. The molecule has 0 spiro atoms. The van der Waals surface area contributed by atoms with Gasteiger partial charge in [-0.2, -0.15) is 0 Å². The highest BCUT2D eigenvalue weighted by atomic mass is 16.7. The molecule has 0 fully saturated rings. The summed E-state index contributed by atoms with van der Waals surface area (Å²) in [5, 5.41) is 42.1. The van der Waals surface area contributed by atoms with E-state index in [0.29, 0.717) is 11.3 Å². The number of carboxylic acid groups (broad SMARTS) is 1. The molecular weight excluding hydrogens is 348 g/mol. The van der Waals surface area contributed by atoms with Crippen molar-refractivity contribution >= 4 is 5.97 Å². The first-order valence-corrected chi connectivity index (χ1v) is 8.24. The minimum absolute atomic E-state index is 0.182. The monoisotopic (exact) mass is 364 g/mol. The zero-order valence-electron chi connectivity index (χ0n) is 14.0. The van der Waals surface area contributed by atoms with E-state index >= 15 is 0 Å². The molecule has 3 aromatic carbocycles. The Morgan fingerprint density at radius 1 is 0.889 bits per heavy atom. The van der Waals surface area contributed by atoms with Gasteiger partial charge in [-0.25, -0.2) is 4.79 Å². The number of carbonyl (C=O) groups is 1. The van der Waals surface area contributed by atoms with E-state index in [0.717, 1.165) is 5.56 Å². The van der Waals surface area contributed by atoms with Crippen LogP contribution in [0.25, 0.3) is 11.1 Å². The Hall–Kier alpha value is -3.19. The number of fused-ring (bicyclic) bond motifs is 1. The topological polar surface area (TPSA) is 107 Å². The van der Waals surface area contributed by atoms with Gasteiger partial charge in [-0.05, 0) is 23.3 Å². The van der Waals surface area contributed by atoms with Crippen molar-refractivity contribution in [1.82, 2.24) is 0 Å². The van der Waals surface area contributed by atoms with Gasteiger partial charge in [-0.3, -0.25) is 0 Å². The zero-order chi connectivity index (χ0) is 19.2. The molecule has 0 bridgehead atoms. The summed E-state index contributed by atoms with van der Waals surface area (Å²) in [6.45, 7) is 0.